The molecular weight excluding hydrogens is 234 g/mol. The Hall–Kier alpha value is -1.00. The number of piperazine rings is 1. The van der Waals surface area contributed by atoms with Gasteiger partial charge in [-0.3, -0.25) is 4.90 Å². The average Bonchev–Trinajstić information content (AvgIpc) is 2.34. The summed E-state index contributed by atoms with van der Waals surface area (Å²) in [5.41, 5.74) is 2.71. The summed E-state index contributed by atoms with van der Waals surface area (Å²) in [6, 6.07) is 4.99. The van der Waals surface area contributed by atoms with Crippen LogP contribution in [0.1, 0.15) is 22.7 Å². The highest BCUT2D eigenvalue weighted by Gasteiger charge is 2.31. The van der Waals surface area contributed by atoms with E-state index in [-0.39, 0.29) is 0 Å². The van der Waals surface area contributed by atoms with E-state index < -0.39 is 12.5 Å². The van der Waals surface area contributed by atoms with Crippen molar-refractivity contribution < 1.29 is 8.78 Å². The first-order valence-corrected chi connectivity index (χ1v) is 6.40. The lowest BCUT2D eigenvalue weighted by molar-refractivity contribution is 0.0175. The highest BCUT2D eigenvalue weighted by molar-refractivity contribution is 5.36. The topological polar surface area (TPSA) is 15.3 Å². The fraction of sp³-hybridized carbons (Fsp3) is 0.571. The molecule has 18 heavy (non-hydrogen) atoms. The lowest BCUT2D eigenvalue weighted by atomic mass is 9.95. The zero-order chi connectivity index (χ0) is 13.1. The van der Waals surface area contributed by atoms with E-state index in [1.165, 1.54) is 0 Å². The Morgan fingerprint density at radius 1 is 1.11 bits per heavy atom. The molecule has 4 heteroatoms. The zero-order valence-electron chi connectivity index (χ0n) is 10.9. The van der Waals surface area contributed by atoms with Gasteiger partial charge in [0, 0.05) is 26.2 Å². The highest BCUT2D eigenvalue weighted by atomic mass is 19.3. The standard InChI is InChI=1S/C14H20F2N2/c1-10-4-3-5-11(2)12(10)13(14(15)16)18-8-6-17-7-9-18/h3-5,13-14,17H,6-9H2,1-2H3/t13-/m0/s1. The number of alkyl halides is 2. The maximum absolute atomic E-state index is 13.5. The Kier molecular flexibility index (Phi) is 4.30. The molecule has 0 aromatic heterocycles. The zero-order valence-corrected chi connectivity index (χ0v) is 10.9. The minimum atomic E-state index is -2.34. The molecule has 1 aliphatic rings. The first-order chi connectivity index (χ1) is 8.61. The summed E-state index contributed by atoms with van der Waals surface area (Å²) in [4.78, 5) is 1.90. The molecule has 1 atom stereocenters. The van der Waals surface area contributed by atoms with Gasteiger partial charge in [0.1, 0.15) is 0 Å². The minimum absolute atomic E-state index is 0.683. The summed E-state index contributed by atoms with van der Waals surface area (Å²) >= 11 is 0. The molecule has 1 aromatic carbocycles. The van der Waals surface area contributed by atoms with Gasteiger partial charge in [-0.25, -0.2) is 8.78 Å². The number of nitrogens with one attached hydrogen (secondary N) is 1. The maximum Gasteiger partial charge on any atom is 0.258 e. The van der Waals surface area contributed by atoms with Crippen molar-refractivity contribution in [2.45, 2.75) is 26.3 Å². The Balaban J connectivity index is 2.34. The summed E-state index contributed by atoms with van der Waals surface area (Å²) < 4.78 is 26.9. The van der Waals surface area contributed by atoms with E-state index in [1.54, 1.807) is 0 Å². The summed E-state index contributed by atoms with van der Waals surface area (Å²) in [5, 5.41) is 3.20. The van der Waals surface area contributed by atoms with Crippen LogP contribution in [0.5, 0.6) is 0 Å². The van der Waals surface area contributed by atoms with Crippen LogP contribution in [0.15, 0.2) is 18.2 Å². The molecule has 1 heterocycles. The minimum Gasteiger partial charge on any atom is -0.314 e. The number of benzene rings is 1. The first kappa shape index (κ1) is 13.4. The van der Waals surface area contributed by atoms with Crippen LogP contribution in [0.4, 0.5) is 8.78 Å². The molecule has 2 rings (SSSR count). The SMILES string of the molecule is Cc1cccc(C)c1[C@@H](C(F)F)N1CCNCC1. The Bertz CT molecular complexity index is 381. The van der Waals surface area contributed by atoms with E-state index in [9.17, 15) is 8.78 Å². The monoisotopic (exact) mass is 254 g/mol. The molecule has 1 aliphatic heterocycles. The van der Waals surface area contributed by atoms with Gasteiger partial charge in [0.25, 0.3) is 6.43 Å². The molecule has 1 fully saturated rings. The Labute approximate surface area is 107 Å². The first-order valence-electron chi connectivity index (χ1n) is 6.40. The van der Waals surface area contributed by atoms with Crippen LogP contribution in [-0.4, -0.2) is 37.5 Å². The number of rotatable bonds is 3. The molecule has 1 aromatic rings. The van der Waals surface area contributed by atoms with E-state index in [1.807, 2.05) is 36.9 Å². The molecule has 0 radical (unpaired) electrons. The second-order valence-electron chi connectivity index (χ2n) is 4.87. The molecule has 0 unspecified atom stereocenters. The maximum atomic E-state index is 13.5. The van der Waals surface area contributed by atoms with Gasteiger partial charge >= 0.3 is 0 Å². The summed E-state index contributed by atoms with van der Waals surface area (Å²) in [6.07, 6.45) is -2.34. The molecular formula is C14H20F2N2. The number of hydrogen-bond donors (Lipinski definition) is 1. The van der Waals surface area contributed by atoms with E-state index in [0.717, 1.165) is 29.8 Å². The summed E-state index contributed by atoms with van der Waals surface area (Å²) in [6.45, 7) is 6.77. The number of aryl methyl sites for hydroxylation is 2. The molecule has 0 spiro atoms. The van der Waals surface area contributed by atoms with Crippen molar-refractivity contribution in [1.82, 2.24) is 10.2 Å². The summed E-state index contributed by atoms with van der Waals surface area (Å²) in [7, 11) is 0. The predicted octanol–water partition coefficient (Wildman–Crippen LogP) is 2.51. The quantitative estimate of drug-likeness (QED) is 0.891. The highest BCUT2D eigenvalue weighted by Crippen LogP contribution is 2.32. The number of halogens is 2. The molecule has 100 valence electrons. The van der Waals surface area contributed by atoms with Crippen molar-refractivity contribution in [1.29, 1.82) is 0 Å². The van der Waals surface area contributed by atoms with Crippen molar-refractivity contribution in [3.8, 4) is 0 Å². The molecule has 0 saturated carbocycles. The van der Waals surface area contributed by atoms with Gasteiger partial charge in [-0.15, -0.1) is 0 Å². The van der Waals surface area contributed by atoms with Gasteiger partial charge in [-0.2, -0.15) is 0 Å². The van der Waals surface area contributed by atoms with Crippen LogP contribution in [-0.2, 0) is 0 Å². The van der Waals surface area contributed by atoms with Crippen molar-refractivity contribution in [3.63, 3.8) is 0 Å². The third kappa shape index (κ3) is 2.70. The predicted molar refractivity (Wildman–Crippen MR) is 69.1 cm³/mol. The molecule has 2 nitrogen and oxygen atoms in total. The van der Waals surface area contributed by atoms with Crippen molar-refractivity contribution in [2.75, 3.05) is 26.2 Å². The van der Waals surface area contributed by atoms with Crippen molar-refractivity contribution in [2.24, 2.45) is 0 Å². The number of hydrogen-bond acceptors (Lipinski definition) is 2. The normalized spacial score (nSPS) is 19.2. The van der Waals surface area contributed by atoms with Crippen molar-refractivity contribution in [3.05, 3.63) is 34.9 Å². The van der Waals surface area contributed by atoms with E-state index in [0.29, 0.717) is 13.1 Å². The molecule has 0 amide bonds. The van der Waals surface area contributed by atoms with E-state index in [2.05, 4.69) is 5.32 Å². The fourth-order valence-corrected chi connectivity index (χ4v) is 2.72. The van der Waals surface area contributed by atoms with Crippen LogP contribution in [0.3, 0.4) is 0 Å². The largest absolute Gasteiger partial charge is 0.314 e. The van der Waals surface area contributed by atoms with Crippen LogP contribution >= 0.6 is 0 Å². The van der Waals surface area contributed by atoms with Gasteiger partial charge in [0.2, 0.25) is 0 Å². The Morgan fingerprint density at radius 2 is 1.67 bits per heavy atom. The third-order valence-electron chi connectivity index (χ3n) is 3.62. The second kappa shape index (κ2) is 5.76. The van der Waals surface area contributed by atoms with Gasteiger partial charge in [-0.1, -0.05) is 18.2 Å². The van der Waals surface area contributed by atoms with Gasteiger partial charge < -0.3 is 5.32 Å². The summed E-state index contributed by atoms with van der Waals surface area (Å²) in [5.74, 6) is 0. The van der Waals surface area contributed by atoms with Gasteiger partial charge in [-0.05, 0) is 30.5 Å². The average molecular weight is 254 g/mol. The van der Waals surface area contributed by atoms with E-state index in [4.69, 9.17) is 0 Å². The lowest BCUT2D eigenvalue weighted by Crippen LogP contribution is -2.47. The van der Waals surface area contributed by atoms with Crippen LogP contribution in [0.25, 0.3) is 0 Å². The molecule has 1 N–H and O–H groups in total. The van der Waals surface area contributed by atoms with E-state index >= 15 is 0 Å². The van der Waals surface area contributed by atoms with Crippen LogP contribution in [0, 0.1) is 13.8 Å². The van der Waals surface area contributed by atoms with Crippen LogP contribution < -0.4 is 5.32 Å². The molecule has 0 aliphatic carbocycles. The lowest BCUT2D eigenvalue weighted by Gasteiger charge is -2.36. The number of nitrogens with zero attached hydrogens (tertiary/aromatic N) is 1. The van der Waals surface area contributed by atoms with Crippen LogP contribution in [0.2, 0.25) is 0 Å². The van der Waals surface area contributed by atoms with Gasteiger partial charge in [0.05, 0.1) is 6.04 Å². The second-order valence-corrected chi connectivity index (χ2v) is 4.87. The molecule has 0 bridgehead atoms. The Morgan fingerprint density at radius 3 is 2.17 bits per heavy atom. The fourth-order valence-electron chi connectivity index (χ4n) is 2.72. The molecule has 1 saturated heterocycles. The van der Waals surface area contributed by atoms with Crippen molar-refractivity contribution >= 4 is 0 Å². The van der Waals surface area contributed by atoms with Gasteiger partial charge in [0.15, 0.2) is 0 Å². The third-order valence-corrected chi connectivity index (χ3v) is 3.62. The smallest absolute Gasteiger partial charge is 0.258 e.